The molecule has 0 aliphatic rings. The smallest absolute Gasteiger partial charge is 0.230 e. The van der Waals surface area contributed by atoms with E-state index in [0.717, 1.165) is 21.5 Å². The summed E-state index contributed by atoms with van der Waals surface area (Å²) in [5, 5.41) is 5.70. The molecule has 3 nitrogen and oxygen atoms in total. The van der Waals surface area contributed by atoms with Crippen LogP contribution in [-0.4, -0.2) is 5.16 Å². The number of benzene rings is 1. The van der Waals surface area contributed by atoms with Gasteiger partial charge in [0.15, 0.2) is 0 Å². The lowest BCUT2D eigenvalue weighted by Crippen LogP contribution is -1.91. The lowest BCUT2D eigenvalue weighted by molar-refractivity contribution is 0.439. The van der Waals surface area contributed by atoms with Gasteiger partial charge in [-0.15, -0.1) is 11.3 Å². The Bertz CT molecular complexity index is 785. The average Bonchev–Trinajstić information content (AvgIpc) is 2.96. The van der Waals surface area contributed by atoms with Gasteiger partial charge in [0.2, 0.25) is 5.88 Å². The van der Waals surface area contributed by atoms with Crippen LogP contribution in [0.15, 0.2) is 38.0 Å². The highest BCUT2D eigenvalue weighted by Crippen LogP contribution is 2.39. The molecule has 0 amide bonds. The molecule has 0 aliphatic carbocycles. The van der Waals surface area contributed by atoms with Gasteiger partial charge in [-0.05, 0) is 34.1 Å². The molecule has 0 saturated carbocycles. The number of nitrogens with two attached hydrogens (primary N) is 1. The first kappa shape index (κ1) is 13.3. The van der Waals surface area contributed by atoms with Gasteiger partial charge in [0.05, 0.1) is 9.35 Å². The molecule has 0 fully saturated rings. The van der Waals surface area contributed by atoms with Crippen LogP contribution >= 0.6 is 27.3 Å². The molecule has 102 valence electrons. The number of aromatic nitrogens is 1. The van der Waals surface area contributed by atoms with Crippen molar-refractivity contribution in [2.45, 2.75) is 0 Å². The molecule has 2 aromatic heterocycles. The van der Waals surface area contributed by atoms with Gasteiger partial charge in [-0.25, -0.2) is 8.78 Å². The minimum atomic E-state index is -0.713. The van der Waals surface area contributed by atoms with Crippen LogP contribution in [0.2, 0.25) is 0 Å². The van der Waals surface area contributed by atoms with Gasteiger partial charge in [-0.3, -0.25) is 0 Å². The SMILES string of the molecule is Nc1onc(-c2csc(Br)c2)c1-c1ccc(F)cc1F. The zero-order chi connectivity index (χ0) is 14.3. The van der Waals surface area contributed by atoms with E-state index in [1.54, 1.807) is 0 Å². The molecule has 7 heteroatoms. The highest BCUT2D eigenvalue weighted by molar-refractivity contribution is 9.11. The summed E-state index contributed by atoms with van der Waals surface area (Å²) < 4.78 is 32.8. The van der Waals surface area contributed by atoms with Gasteiger partial charge in [-0.1, -0.05) is 5.16 Å². The van der Waals surface area contributed by atoms with Crippen LogP contribution in [0, 0.1) is 11.6 Å². The average molecular weight is 357 g/mol. The van der Waals surface area contributed by atoms with Crippen molar-refractivity contribution in [3.63, 3.8) is 0 Å². The Hall–Kier alpha value is -1.73. The Morgan fingerprint density at radius 3 is 2.70 bits per heavy atom. The summed E-state index contributed by atoms with van der Waals surface area (Å²) in [6.07, 6.45) is 0. The molecule has 0 bridgehead atoms. The maximum Gasteiger partial charge on any atom is 0.230 e. The zero-order valence-corrected chi connectivity index (χ0v) is 12.3. The highest BCUT2D eigenvalue weighted by atomic mass is 79.9. The fourth-order valence-corrected chi connectivity index (χ4v) is 3.03. The molecule has 3 rings (SSSR count). The van der Waals surface area contributed by atoms with Gasteiger partial charge < -0.3 is 10.3 Å². The van der Waals surface area contributed by atoms with Gasteiger partial charge in [0, 0.05) is 22.6 Å². The lowest BCUT2D eigenvalue weighted by Gasteiger charge is -2.03. The maximum absolute atomic E-state index is 13.9. The molecular formula is C13H7BrF2N2OS. The largest absolute Gasteiger partial charge is 0.367 e. The van der Waals surface area contributed by atoms with E-state index in [0.29, 0.717) is 11.3 Å². The molecule has 2 heterocycles. The van der Waals surface area contributed by atoms with Gasteiger partial charge in [-0.2, -0.15) is 0 Å². The van der Waals surface area contributed by atoms with Crippen LogP contribution in [0.4, 0.5) is 14.7 Å². The number of nitrogen functional groups attached to an aromatic ring is 1. The van der Waals surface area contributed by atoms with Crippen molar-refractivity contribution < 1.29 is 13.3 Å². The maximum atomic E-state index is 13.9. The van der Waals surface area contributed by atoms with E-state index in [9.17, 15) is 8.78 Å². The van der Waals surface area contributed by atoms with E-state index in [2.05, 4.69) is 21.1 Å². The first-order valence-electron chi connectivity index (χ1n) is 5.51. The number of rotatable bonds is 2. The zero-order valence-electron chi connectivity index (χ0n) is 9.86. The third kappa shape index (κ3) is 2.23. The molecule has 0 atom stereocenters. The van der Waals surface area contributed by atoms with Crippen molar-refractivity contribution in [3.8, 4) is 22.4 Å². The quantitative estimate of drug-likeness (QED) is 0.724. The summed E-state index contributed by atoms with van der Waals surface area (Å²) in [5.41, 5.74) is 7.39. The molecule has 1 aromatic carbocycles. The Morgan fingerprint density at radius 2 is 2.05 bits per heavy atom. The van der Waals surface area contributed by atoms with Gasteiger partial charge in [0.25, 0.3) is 0 Å². The molecular weight excluding hydrogens is 350 g/mol. The summed E-state index contributed by atoms with van der Waals surface area (Å²) in [6.45, 7) is 0. The normalized spacial score (nSPS) is 10.9. The molecule has 3 aromatic rings. The van der Waals surface area contributed by atoms with Crippen LogP contribution in [-0.2, 0) is 0 Å². The number of nitrogens with zero attached hydrogens (tertiary/aromatic N) is 1. The molecule has 2 N–H and O–H groups in total. The summed E-state index contributed by atoms with van der Waals surface area (Å²) in [4.78, 5) is 0. The first-order chi connectivity index (χ1) is 9.56. The third-order valence-electron chi connectivity index (χ3n) is 2.76. The van der Waals surface area contributed by atoms with Crippen molar-refractivity contribution in [2.75, 3.05) is 5.73 Å². The second-order valence-electron chi connectivity index (χ2n) is 4.03. The third-order valence-corrected chi connectivity index (χ3v) is 4.26. The predicted molar refractivity (Wildman–Crippen MR) is 77.3 cm³/mol. The number of thiophene rings is 1. The minimum Gasteiger partial charge on any atom is -0.367 e. The van der Waals surface area contributed by atoms with Crippen molar-refractivity contribution in [2.24, 2.45) is 0 Å². The fourth-order valence-electron chi connectivity index (χ4n) is 1.89. The van der Waals surface area contributed by atoms with Crippen LogP contribution in [0.25, 0.3) is 22.4 Å². The number of anilines is 1. The van der Waals surface area contributed by atoms with E-state index in [4.69, 9.17) is 10.3 Å². The van der Waals surface area contributed by atoms with E-state index >= 15 is 0 Å². The van der Waals surface area contributed by atoms with Crippen molar-refractivity contribution >= 4 is 33.2 Å². The van der Waals surface area contributed by atoms with Crippen LogP contribution in [0.5, 0.6) is 0 Å². The Morgan fingerprint density at radius 1 is 1.25 bits per heavy atom. The summed E-state index contributed by atoms with van der Waals surface area (Å²) in [5.74, 6) is -1.37. The summed E-state index contributed by atoms with van der Waals surface area (Å²) in [6, 6.07) is 5.11. The molecule has 0 spiro atoms. The van der Waals surface area contributed by atoms with Crippen molar-refractivity contribution in [3.05, 3.63) is 45.1 Å². The van der Waals surface area contributed by atoms with E-state index in [1.165, 1.54) is 17.4 Å². The van der Waals surface area contributed by atoms with E-state index < -0.39 is 11.6 Å². The minimum absolute atomic E-state index is 0.00664. The number of hydrogen-bond donors (Lipinski definition) is 1. The monoisotopic (exact) mass is 356 g/mol. The number of hydrogen-bond acceptors (Lipinski definition) is 4. The second kappa shape index (κ2) is 4.99. The van der Waals surface area contributed by atoms with Crippen LogP contribution in [0.3, 0.4) is 0 Å². The molecule has 20 heavy (non-hydrogen) atoms. The highest BCUT2D eigenvalue weighted by Gasteiger charge is 2.21. The molecule has 0 saturated heterocycles. The van der Waals surface area contributed by atoms with E-state index in [1.807, 2.05) is 11.4 Å². The van der Waals surface area contributed by atoms with Crippen LogP contribution < -0.4 is 5.73 Å². The Balaban J connectivity index is 2.21. The molecule has 0 radical (unpaired) electrons. The van der Waals surface area contributed by atoms with Crippen molar-refractivity contribution in [1.82, 2.24) is 5.16 Å². The fraction of sp³-hybridized carbons (Fsp3) is 0. The number of halogens is 3. The standard InChI is InChI=1S/C13H7BrF2N2OS/c14-10-3-6(5-20-10)12-11(13(17)19-18-12)8-2-1-7(15)4-9(8)16/h1-5H,17H2. The van der Waals surface area contributed by atoms with Crippen molar-refractivity contribution in [1.29, 1.82) is 0 Å². The molecule has 0 unspecified atom stereocenters. The lowest BCUT2D eigenvalue weighted by atomic mass is 10.0. The van der Waals surface area contributed by atoms with Crippen LogP contribution in [0.1, 0.15) is 0 Å². The summed E-state index contributed by atoms with van der Waals surface area (Å²) in [7, 11) is 0. The Labute approximate surface area is 125 Å². The van der Waals surface area contributed by atoms with Gasteiger partial charge >= 0.3 is 0 Å². The molecule has 0 aliphatic heterocycles. The predicted octanol–water partition coefficient (Wildman–Crippen LogP) is 4.69. The van der Waals surface area contributed by atoms with E-state index in [-0.39, 0.29) is 11.4 Å². The Kier molecular flexibility index (Phi) is 3.31. The van der Waals surface area contributed by atoms with Gasteiger partial charge in [0.1, 0.15) is 17.3 Å². The first-order valence-corrected chi connectivity index (χ1v) is 7.18. The topological polar surface area (TPSA) is 52.0 Å². The summed E-state index contributed by atoms with van der Waals surface area (Å²) >= 11 is 4.81. The second-order valence-corrected chi connectivity index (χ2v) is 6.32.